The fourth-order valence-corrected chi connectivity index (χ4v) is 2.32. The van der Waals surface area contributed by atoms with Crippen LogP contribution in [0.25, 0.3) is 11.5 Å². The summed E-state index contributed by atoms with van der Waals surface area (Å²) in [6, 6.07) is 8.55. The summed E-state index contributed by atoms with van der Waals surface area (Å²) in [7, 11) is 0. The first-order chi connectivity index (χ1) is 11.0. The zero-order valence-corrected chi connectivity index (χ0v) is 12.8. The molecule has 120 valence electrons. The Bertz CT molecular complexity index is 797. The Morgan fingerprint density at radius 1 is 1.22 bits per heavy atom. The van der Waals surface area contributed by atoms with Crippen LogP contribution in [0.4, 0.5) is 0 Å². The number of furan rings is 3. The molecule has 2 N–H and O–H groups in total. The zero-order valence-electron chi connectivity index (χ0n) is 12.8. The van der Waals surface area contributed by atoms with Crippen molar-refractivity contribution in [3.8, 4) is 11.5 Å². The average Bonchev–Trinajstić information content (AvgIpc) is 3.24. The maximum absolute atomic E-state index is 12.1. The van der Waals surface area contributed by atoms with Crippen molar-refractivity contribution in [1.82, 2.24) is 5.32 Å². The van der Waals surface area contributed by atoms with E-state index >= 15 is 0 Å². The van der Waals surface area contributed by atoms with E-state index in [4.69, 9.17) is 13.3 Å². The Kier molecular flexibility index (Phi) is 4.08. The molecule has 0 fully saturated rings. The van der Waals surface area contributed by atoms with Crippen molar-refractivity contribution in [3.05, 3.63) is 59.4 Å². The van der Waals surface area contributed by atoms with Crippen LogP contribution in [-0.2, 0) is 0 Å². The van der Waals surface area contributed by atoms with Gasteiger partial charge >= 0.3 is 0 Å². The topological polar surface area (TPSA) is 88.8 Å². The fourth-order valence-electron chi connectivity index (χ4n) is 2.32. The quantitative estimate of drug-likeness (QED) is 0.754. The van der Waals surface area contributed by atoms with Gasteiger partial charge in [-0.1, -0.05) is 0 Å². The van der Waals surface area contributed by atoms with Crippen molar-refractivity contribution in [2.24, 2.45) is 0 Å². The highest BCUT2D eigenvalue weighted by molar-refractivity contribution is 5.95. The lowest BCUT2D eigenvalue weighted by molar-refractivity contribution is 0.0900. The van der Waals surface area contributed by atoms with E-state index in [1.165, 1.54) is 0 Å². The van der Waals surface area contributed by atoms with E-state index in [2.05, 4.69) is 5.32 Å². The van der Waals surface area contributed by atoms with Gasteiger partial charge < -0.3 is 23.7 Å². The number of nitrogens with one attached hydrogen (secondary N) is 1. The van der Waals surface area contributed by atoms with Crippen LogP contribution in [0.2, 0.25) is 0 Å². The van der Waals surface area contributed by atoms with Crippen LogP contribution in [-0.4, -0.2) is 17.6 Å². The Morgan fingerprint density at radius 3 is 2.70 bits per heavy atom. The lowest BCUT2D eigenvalue weighted by Crippen LogP contribution is -2.28. The number of aliphatic hydroxyl groups excluding tert-OH is 1. The van der Waals surface area contributed by atoms with E-state index in [0.717, 1.165) is 0 Å². The van der Waals surface area contributed by atoms with Gasteiger partial charge in [0.25, 0.3) is 5.91 Å². The minimum atomic E-state index is -0.948. The standard InChI is InChI=1S/C17H17NO5/c1-10-8-12(11(2)22-10)17(20)18-9-13(19)14-5-6-16(23-14)15-4-3-7-21-15/h3-8,13,19H,9H2,1-2H3,(H,18,20). The molecule has 0 aliphatic heterocycles. The molecule has 0 aliphatic carbocycles. The van der Waals surface area contributed by atoms with Crippen LogP contribution < -0.4 is 5.32 Å². The highest BCUT2D eigenvalue weighted by Gasteiger charge is 2.18. The van der Waals surface area contributed by atoms with Gasteiger partial charge in [-0.2, -0.15) is 0 Å². The van der Waals surface area contributed by atoms with Crippen LogP contribution in [0.3, 0.4) is 0 Å². The Labute approximate surface area is 132 Å². The molecular formula is C17H17NO5. The van der Waals surface area contributed by atoms with Gasteiger partial charge in [0.05, 0.1) is 18.4 Å². The van der Waals surface area contributed by atoms with Gasteiger partial charge in [-0.25, -0.2) is 0 Å². The number of carbonyl (C=O) groups excluding carboxylic acids is 1. The second-order valence-corrected chi connectivity index (χ2v) is 5.23. The summed E-state index contributed by atoms with van der Waals surface area (Å²) in [5, 5.41) is 12.8. The summed E-state index contributed by atoms with van der Waals surface area (Å²) >= 11 is 0. The van der Waals surface area contributed by atoms with Gasteiger partial charge in [-0.15, -0.1) is 0 Å². The molecule has 1 unspecified atom stereocenters. The van der Waals surface area contributed by atoms with Crippen molar-refractivity contribution >= 4 is 5.91 Å². The molecule has 3 heterocycles. The Balaban J connectivity index is 1.62. The molecule has 3 aromatic heterocycles. The largest absolute Gasteiger partial charge is 0.466 e. The SMILES string of the molecule is Cc1cc(C(=O)NCC(O)c2ccc(-c3ccco3)o2)c(C)o1. The van der Waals surface area contributed by atoms with Gasteiger partial charge in [0, 0.05) is 0 Å². The second kappa shape index (κ2) is 6.18. The Hall–Kier alpha value is -2.73. The first-order valence-electron chi connectivity index (χ1n) is 7.21. The lowest BCUT2D eigenvalue weighted by atomic mass is 10.2. The molecule has 0 bridgehead atoms. The van der Waals surface area contributed by atoms with Crippen molar-refractivity contribution in [2.45, 2.75) is 20.0 Å². The molecule has 3 aromatic rings. The van der Waals surface area contributed by atoms with Crippen LogP contribution in [0.5, 0.6) is 0 Å². The summed E-state index contributed by atoms with van der Waals surface area (Å²) < 4.78 is 16.1. The van der Waals surface area contributed by atoms with Crippen molar-refractivity contribution in [2.75, 3.05) is 6.54 Å². The third kappa shape index (κ3) is 3.22. The molecular weight excluding hydrogens is 298 g/mol. The van der Waals surface area contributed by atoms with Gasteiger partial charge in [0.15, 0.2) is 11.5 Å². The van der Waals surface area contributed by atoms with E-state index in [1.807, 2.05) is 0 Å². The maximum atomic E-state index is 12.1. The molecule has 0 saturated heterocycles. The zero-order chi connectivity index (χ0) is 16.4. The second-order valence-electron chi connectivity index (χ2n) is 5.23. The van der Waals surface area contributed by atoms with E-state index in [-0.39, 0.29) is 12.5 Å². The molecule has 6 heteroatoms. The predicted octanol–water partition coefficient (Wildman–Crippen LogP) is 3.21. The van der Waals surface area contributed by atoms with Crippen molar-refractivity contribution < 1.29 is 23.2 Å². The Morgan fingerprint density at radius 2 is 2.04 bits per heavy atom. The minimum absolute atomic E-state index is 0.0353. The molecule has 0 saturated carbocycles. The summed E-state index contributed by atoms with van der Waals surface area (Å²) in [5.74, 6) is 2.39. The van der Waals surface area contributed by atoms with Crippen LogP contribution in [0.15, 0.2) is 49.8 Å². The molecule has 1 atom stereocenters. The summed E-state index contributed by atoms with van der Waals surface area (Å²) in [6.07, 6.45) is 0.597. The molecule has 0 spiro atoms. The number of aliphatic hydroxyl groups is 1. The number of hydrogen-bond donors (Lipinski definition) is 2. The molecule has 0 radical (unpaired) electrons. The summed E-state index contributed by atoms with van der Waals surface area (Å²) in [5.41, 5.74) is 0.463. The van der Waals surface area contributed by atoms with Gasteiger partial charge in [-0.3, -0.25) is 4.79 Å². The third-order valence-corrected chi connectivity index (χ3v) is 3.46. The van der Waals surface area contributed by atoms with Crippen LogP contribution in [0.1, 0.15) is 33.7 Å². The molecule has 0 aromatic carbocycles. The normalized spacial score (nSPS) is 12.3. The molecule has 3 rings (SSSR count). The summed E-state index contributed by atoms with van der Waals surface area (Å²) in [6.45, 7) is 3.53. The van der Waals surface area contributed by atoms with Crippen molar-refractivity contribution in [3.63, 3.8) is 0 Å². The van der Waals surface area contributed by atoms with Crippen LogP contribution in [0, 0.1) is 13.8 Å². The minimum Gasteiger partial charge on any atom is -0.466 e. The van der Waals surface area contributed by atoms with E-state index in [9.17, 15) is 9.90 Å². The van der Waals surface area contributed by atoms with Gasteiger partial charge in [0.2, 0.25) is 0 Å². The predicted molar refractivity (Wildman–Crippen MR) is 81.9 cm³/mol. The average molecular weight is 315 g/mol. The highest BCUT2D eigenvalue weighted by Crippen LogP contribution is 2.25. The van der Waals surface area contributed by atoms with Gasteiger partial charge in [-0.05, 0) is 44.2 Å². The van der Waals surface area contributed by atoms with E-state index in [1.54, 1.807) is 50.4 Å². The number of rotatable bonds is 5. The van der Waals surface area contributed by atoms with Crippen molar-refractivity contribution in [1.29, 1.82) is 0 Å². The number of hydrogen-bond acceptors (Lipinski definition) is 5. The summed E-state index contributed by atoms with van der Waals surface area (Å²) in [4.78, 5) is 12.1. The first-order valence-corrected chi connectivity index (χ1v) is 7.21. The molecule has 1 amide bonds. The highest BCUT2D eigenvalue weighted by atomic mass is 16.4. The number of amides is 1. The molecule has 6 nitrogen and oxygen atoms in total. The number of aryl methyl sites for hydroxylation is 2. The van der Waals surface area contributed by atoms with E-state index in [0.29, 0.717) is 34.4 Å². The maximum Gasteiger partial charge on any atom is 0.254 e. The van der Waals surface area contributed by atoms with E-state index < -0.39 is 6.10 Å². The monoisotopic (exact) mass is 315 g/mol. The van der Waals surface area contributed by atoms with Gasteiger partial charge in [0.1, 0.15) is 23.4 Å². The smallest absolute Gasteiger partial charge is 0.254 e. The first kappa shape index (κ1) is 15.2. The lowest BCUT2D eigenvalue weighted by Gasteiger charge is -2.09. The molecule has 23 heavy (non-hydrogen) atoms. The third-order valence-electron chi connectivity index (χ3n) is 3.46. The van der Waals surface area contributed by atoms with Crippen LogP contribution >= 0.6 is 0 Å². The molecule has 0 aliphatic rings. The fraction of sp³-hybridized carbons (Fsp3) is 0.235. The number of carbonyl (C=O) groups is 1.